The van der Waals surface area contributed by atoms with Crippen molar-refractivity contribution >= 4 is 22.8 Å². The minimum Gasteiger partial charge on any atom is -0.497 e. The summed E-state index contributed by atoms with van der Waals surface area (Å²) in [4.78, 5) is 25.0. The predicted molar refractivity (Wildman–Crippen MR) is 127 cm³/mol. The zero-order valence-electron chi connectivity index (χ0n) is 19.4. The minimum absolute atomic E-state index is 0.199. The first kappa shape index (κ1) is 22.9. The van der Waals surface area contributed by atoms with Crippen molar-refractivity contribution in [3.8, 4) is 5.75 Å². The van der Waals surface area contributed by atoms with Crippen molar-refractivity contribution in [2.45, 2.75) is 13.5 Å². The second-order valence-electron chi connectivity index (χ2n) is 7.70. The fourth-order valence-corrected chi connectivity index (χ4v) is 3.95. The van der Waals surface area contributed by atoms with Crippen LogP contribution >= 0.6 is 0 Å². The first-order chi connectivity index (χ1) is 16.4. The molecule has 1 aromatic heterocycles. The van der Waals surface area contributed by atoms with E-state index in [4.69, 9.17) is 18.6 Å². The number of amides is 1. The minimum atomic E-state index is -0.307. The standard InChI is InChI=1S/C27H25NO6/c1-16-21(10-17-11-24(32-3)27(30)25(12-17)33-4)20-8-7-18(31-2)13-23(20)22(16)14-26(29)28-15-19-6-5-9-34-19/h5-14H,15H2,1-4H3,(H,28,29)/b22-14+. The average molecular weight is 459 g/mol. The second-order valence-corrected chi connectivity index (χ2v) is 7.70. The fourth-order valence-electron chi connectivity index (χ4n) is 3.95. The van der Waals surface area contributed by atoms with Crippen molar-refractivity contribution in [2.24, 2.45) is 0 Å². The number of carbonyl (C=O) groups is 2. The molecule has 1 amide bonds. The van der Waals surface area contributed by atoms with E-state index in [1.54, 1.807) is 43.7 Å². The van der Waals surface area contributed by atoms with E-state index in [2.05, 4.69) is 5.32 Å². The lowest BCUT2D eigenvalue weighted by Crippen LogP contribution is -2.20. The number of hydrogen-bond donors (Lipinski definition) is 1. The molecule has 2 aromatic rings. The molecule has 0 saturated carbocycles. The van der Waals surface area contributed by atoms with E-state index in [0.717, 1.165) is 33.4 Å². The van der Waals surface area contributed by atoms with Crippen LogP contribution in [0, 0.1) is 0 Å². The lowest BCUT2D eigenvalue weighted by Gasteiger charge is -2.14. The molecule has 4 rings (SSSR count). The Balaban J connectivity index is 1.75. The number of benzene rings is 1. The van der Waals surface area contributed by atoms with Gasteiger partial charge in [0.2, 0.25) is 5.91 Å². The highest BCUT2D eigenvalue weighted by atomic mass is 16.5. The van der Waals surface area contributed by atoms with Crippen LogP contribution in [0.1, 0.15) is 23.8 Å². The lowest BCUT2D eigenvalue weighted by molar-refractivity contribution is -0.118. The maximum Gasteiger partial charge on any atom is 0.261 e. The monoisotopic (exact) mass is 459 g/mol. The SMILES string of the molecule is COC1=CC(=CC2=C(C)/C(=C\C(=O)NCc3ccco3)c3cc(OC)ccc32)C=C(OC)C1=O. The summed E-state index contributed by atoms with van der Waals surface area (Å²) >= 11 is 0. The van der Waals surface area contributed by atoms with Crippen LogP contribution in [0.25, 0.3) is 11.1 Å². The molecule has 2 aliphatic rings. The van der Waals surface area contributed by atoms with Crippen molar-refractivity contribution < 1.29 is 28.2 Å². The van der Waals surface area contributed by atoms with Gasteiger partial charge in [-0.05, 0) is 82.8 Å². The number of hydrogen-bond acceptors (Lipinski definition) is 6. The molecule has 7 nitrogen and oxygen atoms in total. The third-order valence-electron chi connectivity index (χ3n) is 5.70. The van der Waals surface area contributed by atoms with E-state index < -0.39 is 0 Å². The molecule has 7 heteroatoms. The summed E-state index contributed by atoms with van der Waals surface area (Å²) in [6.07, 6.45) is 8.45. The normalized spacial score (nSPS) is 16.2. The Bertz CT molecular complexity index is 1260. The largest absolute Gasteiger partial charge is 0.497 e. The summed E-state index contributed by atoms with van der Waals surface area (Å²) < 4.78 is 21.2. The van der Waals surface area contributed by atoms with Gasteiger partial charge in [-0.15, -0.1) is 0 Å². The number of methoxy groups -OCH3 is 3. The average Bonchev–Trinajstić information content (AvgIpc) is 3.46. The van der Waals surface area contributed by atoms with Crippen LogP contribution in [0.5, 0.6) is 5.75 Å². The van der Waals surface area contributed by atoms with E-state index in [9.17, 15) is 9.59 Å². The van der Waals surface area contributed by atoms with E-state index in [-0.39, 0.29) is 23.2 Å². The molecular formula is C27H25NO6. The van der Waals surface area contributed by atoms with Gasteiger partial charge >= 0.3 is 0 Å². The molecule has 1 heterocycles. The van der Waals surface area contributed by atoms with Gasteiger partial charge in [-0.2, -0.15) is 0 Å². The van der Waals surface area contributed by atoms with Gasteiger partial charge < -0.3 is 23.9 Å². The van der Waals surface area contributed by atoms with Crippen LogP contribution in [0.15, 0.2) is 88.0 Å². The van der Waals surface area contributed by atoms with Gasteiger partial charge in [0.1, 0.15) is 11.5 Å². The van der Waals surface area contributed by atoms with E-state index >= 15 is 0 Å². The van der Waals surface area contributed by atoms with E-state index in [1.165, 1.54) is 14.2 Å². The maximum absolute atomic E-state index is 12.7. The molecule has 1 N–H and O–H groups in total. The van der Waals surface area contributed by atoms with Crippen molar-refractivity contribution in [2.75, 3.05) is 21.3 Å². The predicted octanol–water partition coefficient (Wildman–Crippen LogP) is 4.34. The number of nitrogens with one attached hydrogen (secondary N) is 1. The first-order valence-electron chi connectivity index (χ1n) is 10.6. The molecule has 174 valence electrons. The number of furan rings is 1. The summed E-state index contributed by atoms with van der Waals surface area (Å²) in [6.45, 7) is 2.25. The van der Waals surface area contributed by atoms with Crippen molar-refractivity contribution in [1.29, 1.82) is 0 Å². The zero-order valence-corrected chi connectivity index (χ0v) is 19.4. The van der Waals surface area contributed by atoms with Gasteiger partial charge in [0.15, 0.2) is 11.5 Å². The van der Waals surface area contributed by atoms with Crippen molar-refractivity contribution in [3.05, 3.63) is 100 Å². The highest BCUT2D eigenvalue weighted by molar-refractivity contribution is 6.10. The van der Waals surface area contributed by atoms with Gasteiger partial charge in [0.25, 0.3) is 5.78 Å². The van der Waals surface area contributed by atoms with Gasteiger partial charge in [-0.25, -0.2) is 0 Å². The van der Waals surface area contributed by atoms with Crippen LogP contribution < -0.4 is 10.1 Å². The second kappa shape index (κ2) is 9.70. The van der Waals surface area contributed by atoms with E-state index in [1.807, 2.05) is 31.2 Å². The molecule has 0 aliphatic heterocycles. The van der Waals surface area contributed by atoms with Gasteiger partial charge in [0.05, 0.1) is 34.1 Å². The number of carbonyl (C=O) groups excluding carboxylic acids is 2. The highest BCUT2D eigenvalue weighted by Gasteiger charge is 2.26. The molecule has 0 atom stereocenters. The Morgan fingerprint density at radius 2 is 1.76 bits per heavy atom. The summed E-state index contributed by atoms with van der Waals surface area (Å²) in [5.74, 6) is 1.22. The number of rotatable bonds is 7. The summed E-state index contributed by atoms with van der Waals surface area (Å²) in [5, 5.41) is 2.85. The van der Waals surface area contributed by atoms with Gasteiger partial charge in [0, 0.05) is 6.08 Å². The first-order valence-corrected chi connectivity index (χ1v) is 10.6. The number of Topliss-reactive ketones (excluding diaryl/α,β-unsaturated/α-hetero) is 1. The Morgan fingerprint density at radius 1 is 1.03 bits per heavy atom. The third kappa shape index (κ3) is 4.45. The van der Waals surface area contributed by atoms with E-state index in [0.29, 0.717) is 18.1 Å². The Labute approximate surface area is 197 Å². The molecule has 0 bridgehead atoms. The van der Waals surface area contributed by atoms with Crippen LogP contribution in [-0.4, -0.2) is 33.0 Å². The van der Waals surface area contributed by atoms with Crippen LogP contribution in [0.3, 0.4) is 0 Å². The maximum atomic E-state index is 12.7. The quantitative estimate of drug-likeness (QED) is 0.620. The van der Waals surface area contributed by atoms with Crippen molar-refractivity contribution in [3.63, 3.8) is 0 Å². The van der Waals surface area contributed by atoms with Crippen LogP contribution in [-0.2, 0) is 25.6 Å². The Morgan fingerprint density at radius 3 is 2.38 bits per heavy atom. The van der Waals surface area contributed by atoms with Crippen LogP contribution in [0.4, 0.5) is 0 Å². The molecule has 0 fully saturated rings. The van der Waals surface area contributed by atoms with Crippen molar-refractivity contribution in [1.82, 2.24) is 5.32 Å². The molecule has 0 spiro atoms. The smallest absolute Gasteiger partial charge is 0.261 e. The Kier molecular flexibility index (Phi) is 6.54. The number of ether oxygens (including phenoxy) is 3. The molecular weight excluding hydrogens is 434 g/mol. The fraction of sp³-hybridized carbons (Fsp3) is 0.185. The highest BCUT2D eigenvalue weighted by Crippen LogP contribution is 2.44. The number of ketones is 1. The number of fused-ring (bicyclic) bond motifs is 1. The summed E-state index contributed by atoms with van der Waals surface area (Å²) in [6, 6.07) is 9.32. The molecule has 1 aromatic carbocycles. The van der Waals surface area contributed by atoms with Gasteiger partial charge in [-0.3, -0.25) is 9.59 Å². The number of allylic oxidation sites excluding steroid dienone is 7. The topological polar surface area (TPSA) is 87.0 Å². The zero-order chi connectivity index (χ0) is 24.2. The molecule has 2 aliphatic carbocycles. The molecule has 0 unspecified atom stereocenters. The van der Waals surface area contributed by atoms with Crippen LogP contribution in [0.2, 0.25) is 0 Å². The molecule has 0 radical (unpaired) electrons. The summed E-state index contributed by atoms with van der Waals surface area (Å²) in [7, 11) is 4.50. The molecule has 34 heavy (non-hydrogen) atoms. The lowest BCUT2D eigenvalue weighted by atomic mass is 9.99. The Hall–Kier alpha value is -4.26. The third-order valence-corrected chi connectivity index (χ3v) is 5.70. The molecule has 0 saturated heterocycles. The summed E-state index contributed by atoms with van der Waals surface area (Å²) in [5.41, 5.74) is 5.21. The van der Waals surface area contributed by atoms with Gasteiger partial charge in [-0.1, -0.05) is 6.07 Å².